The van der Waals surface area contributed by atoms with Gasteiger partial charge in [0.25, 0.3) is 0 Å². The van der Waals surface area contributed by atoms with Gasteiger partial charge in [-0.2, -0.15) is 0 Å². The van der Waals surface area contributed by atoms with E-state index in [9.17, 15) is 0 Å². The largest absolute Gasteiger partial charge is 0.377 e. The van der Waals surface area contributed by atoms with E-state index in [1.165, 1.54) is 38.5 Å². The number of rotatable bonds is 12. The Balaban J connectivity index is 2.85. The van der Waals surface area contributed by atoms with Crippen molar-refractivity contribution in [3.63, 3.8) is 0 Å². The van der Waals surface area contributed by atoms with Crippen LogP contribution in [0, 0.1) is 6.92 Å². The third kappa shape index (κ3) is 6.73. The fourth-order valence-corrected chi connectivity index (χ4v) is 2.50. The maximum atomic E-state index is 5.59. The van der Waals surface area contributed by atoms with Gasteiger partial charge in [0.1, 0.15) is 11.6 Å². The van der Waals surface area contributed by atoms with Gasteiger partial charge in [-0.1, -0.05) is 39.5 Å². The lowest BCUT2D eigenvalue weighted by molar-refractivity contribution is 0.134. The van der Waals surface area contributed by atoms with Crippen LogP contribution in [0.1, 0.15) is 70.7 Å². The second-order valence-corrected chi connectivity index (χ2v) is 5.80. The number of anilines is 1. The van der Waals surface area contributed by atoms with Crippen LogP contribution in [0.5, 0.6) is 0 Å². The van der Waals surface area contributed by atoms with Crippen molar-refractivity contribution < 1.29 is 4.74 Å². The highest BCUT2D eigenvalue weighted by Gasteiger charge is 2.14. The van der Waals surface area contributed by atoms with E-state index >= 15 is 0 Å². The molecule has 0 bridgehead atoms. The zero-order chi connectivity index (χ0) is 16.2. The molecule has 4 heteroatoms. The lowest BCUT2D eigenvalue weighted by Crippen LogP contribution is -2.28. The maximum absolute atomic E-state index is 5.59. The van der Waals surface area contributed by atoms with Crippen LogP contribution in [0.4, 0.5) is 5.82 Å². The molecular formula is C18H33N3O. The maximum Gasteiger partial charge on any atom is 0.137 e. The van der Waals surface area contributed by atoms with Crippen molar-refractivity contribution in [2.24, 2.45) is 0 Å². The molecule has 0 aliphatic rings. The summed E-state index contributed by atoms with van der Waals surface area (Å²) in [5.74, 6) is 1.92. The van der Waals surface area contributed by atoms with E-state index in [4.69, 9.17) is 9.72 Å². The van der Waals surface area contributed by atoms with Crippen molar-refractivity contribution in [3.05, 3.63) is 17.6 Å². The molecule has 0 N–H and O–H groups in total. The molecule has 0 saturated heterocycles. The molecular weight excluding hydrogens is 274 g/mol. The van der Waals surface area contributed by atoms with E-state index in [0.29, 0.717) is 6.61 Å². The Morgan fingerprint density at radius 3 is 2.18 bits per heavy atom. The van der Waals surface area contributed by atoms with Crippen molar-refractivity contribution in [3.8, 4) is 0 Å². The summed E-state index contributed by atoms with van der Waals surface area (Å²) in [5.41, 5.74) is 1.11. The molecule has 0 radical (unpaired) electrons. The van der Waals surface area contributed by atoms with Gasteiger partial charge in [-0.3, -0.25) is 0 Å². The third-order valence-electron chi connectivity index (χ3n) is 3.79. The van der Waals surface area contributed by atoms with E-state index < -0.39 is 0 Å². The predicted molar refractivity (Wildman–Crippen MR) is 93.4 cm³/mol. The van der Waals surface area contributed by atoms with E-state index in [2.05, 4.69) is 23.7 Å². The van der Waals surface area contributed by atoms with Gasteiger partial charge in [-0.25, -0.2) is 9.97 Å². The molecule has 22 heavy (non-hydrogen) atoms. The number of unbranched alkanes of at least 4 members (excludes halogenated alkanes) is 4. The second-order valence-electron chi connectivity index (χ2n) is 5.80. The Hall–Kier alpha value is -1.16. The normalized spacial score (nSPS) is 10.9. The van der Waals surface area contributed by atoms with Crippen LogP contribution in [0.15, 0.2) is 6.20 Å². The highest BCUT2D eigenvalue weighted by atomic mass is 16.5. The van der Waals surface area contributed by atoms with Crippen LogP contribution in [-0.4, -0.2) is 29.7 Å². The average molecular weight is 307 g/mol. The van der Waals surface area contributed by atoms with Gasteiger partial charge in [-0.15, -0.1) is 0 Å². The fourth-order valence-electron chi connectivity index (χ4n) is 2.50. The Morgan fingerprint density at radius 1 is 1.00 bits per heavy atom. The predicted octanol–water partition coefficient (Wildman–Crippen LogP) is 4.51. The van der Waals surface area contributed by atoms with Gasteiger partial charge in [-0.05, 0) is 26.7 Å². The average Bonchev–Trinajstić information content (AvgIpc) is 2.52. The summed E-state index contributed by atoms with van der Waals surface area (Å²) >= 11 is 0. The SMILES string of the molecule is CCCCCN(CCCCC)c1nc(C)ncc1COCC. The van der Waals surface area contributed by atoms with Crippen LogP contribution >= 0.6 is 0 Å². The standard InChI is InChI=1S/C18H33N3O/c1-5-8-10-12-21(13-11-9-6-2)18-17(15-22-7-3)14-19-16(4)20-18/h14H,5-13,15H2,1-4H3. The number of nitrogens with zero attached hydrogens (tertiary/aromatic N) is 3. The Kier molecular flexibility index (Phi) is 9.80. The first-order valence-corrected chi connectivity index (χ1v) is 8.88. The number of hydrogen-bond acceptors (Lipinski definition) is 4. The molecule has 0 unspecified atom stereocenters. The van der Waals surface area contributed by atoms with E-state index in [1.54, 1.807) is 0 Å². The second kappa shape index (κ2) is 11.4. The van der Waals surface area contributed by atoms with Crippen molar-refractivity contribution in [2.75, 3.05) is 24.6 Å². The summed E-state index contributed by atoms with van der Waals surface area (Å²) in [6, 6.07) is 0. The monoisotopic (exact) mass is 307 g/mol. The fraction of sp³-hybridized carbons (Fsp3) is 0.778. The summed E-state index contributed by atoms with van der Waals surface area (Å²) < 4.78 is 5.59. The summed E-state index contributed by atoms with van der Waals surface area (Å²) in [7, 11) is 0. The molecule has 0 amide bonds. The van der Waals surface area contributed by atoms with Crippen LogP contribution in [0.25, 0.3) is 0 Å². The minimum absolute atomic E-state index is 0.601. The number of aryl methyl sites for hydroxylation is 1. The number of ether oxygens (including phenoxy) is 1. The van der Waals surface area contributed by atoms with E-state index in [-0.39, 0.29) is 0 Å². The molecule has 126 valence electrons. The molecule has 0 spiro atoms. The molecule has 0 saturated carbocycles. The van der Waals surface area contributed by atoms with E-state index in [0.717, 1.165) is 36.9 Å². The molecule has 1 rings (SSSR count). The Labute approximate surface area is 136 Å². The van der Waals surface area contributed by atoms with Gasteiger partial charge in [0.15, 0.2) is 0 Å². The van der Waals surface area contributed by atoms with E-state index in [1.807, 2.05) is 20.0 Å². The summed E-state index contributed by atoms with van der Waals surface area (Å²) in [5, 5.41) is 0. The van der Waals surface area contributed by atoms with Crippen molar-refractivity contribution in [1.82, 2.24) is 9.97 Å². The molecule has 4 nitrogen and oxygen atoms in total. The molecule has 1 aromatic rings. The Morgan fingerprint density at radius 2 is 1.64 bits per heavy atom. The zero-order valence-corrected chi connectivity index (χ0v) is 14.9. The quantitative estimate of drug-likeness (QED) is 0.533. The van der Waals surface area contributed by atoms with Crippen molar-refractivity contribution in [2.45, 2.75) is 72.8 Å². The molecule has 0 aliphatic carbocycles. The lowest BCUT2D eigenvalue weighted by Gasteiger charge is -2.26. The molecule has 0 aromatic carbocycles. The summed E-state index contributed by atoms with van der Waals surface area (Å²) in [6.45, 7) is 12.0. The molecule has 1 heterocycles. The van der Waals surface area contributed by atoms with Crippen molar-refractivity contribution in [1.29, 1.82) is 0 Å². The first kappa shape index (κ1) is 18.9. The third-order valence-corrected chi connectivity index (χ3v) is 3.79. The molecule has 0 fully saturated rings. The molecule has 1 aromatic heterocycles. The summed E-state index contributed by atoms with van der Waals surface area (Å²) in [4.78, 5) is 11.5. The van der Waals surface area contributed by atoms with Gasteiger partial charge in [0.2, 0.25) is 0 Å². The van der Waals surface area contributed by atoms with Gasteiger partial charge in [0, 0.05) is 31.5 Å². The number of aromatic nitrogens is 2. The highest BCUT2D eigenvalue weighted by Crippen LogP contribution is 2.20. The van der Waals surface area contributed by atoms with Gasteiger partial charge in [0.05, 0.1) is 6.61 Å². The summed E-state index contributed by atoms with van der Waals surface area (Å²) in [6.07, 6.45) is 9.42. The molecule has 0 atom stereocenters. The highest BCUT2D eigenvalue weighted by molar-refractivity contribution is 5.45. The minimum atomic E-state index is 0.601. The van der Waals surface area contributed by atoms with Crippen LogP contribution in [-0.2, 0) is 11.3 Å². The Bertz CT molecular complexity index is 399. The minimum Gasteiger partial charge on any atom is -0.377 e. The van der Waals surface area contributed by atoms with Crippen LogP contribution in [0.2, 0.25) is 0 Å². The first-order valence-electron chi connectivity index (χ1n) is 8.88. The smallest absolute Gasteiger partial charge is 0.137 e. The zero-order valence-electron chi connectivity index (χ0n) is 14.9. The van der Waals surface area contributed by atoms with Crippen LogP contribution in [0.3, 0.4) is 0 Å². The lowest BCUT2D eigenvalue weighted by atomic mass is 10.2. The van der Waals surface area contributed by atoms with Crippen molar-refractivity contribution >= 4 is 5.82 Å². The van der Waals surface area contributed by atoms with Gasteiger partial charge < -0.3 is 9.64 Å². The first-order chi connectivity index (χ1) is 10.7. The topological polar surface area (TPSA) is 38.2 Å². The molecule has 0 aliphatic heterocycles. The number of hydrogen-bond donors (Lipinski definition) is 0. The van der Waals surface area contributed by atoms with Gasteiger partial charge >= 0.3 is 0 Å². The van der Waals surface area contributed by atoms with Crippen LogP contribution < -0.4 is 4.90 Å².